The number of halogens is 2. The summed E-state index contributed by atoms with van der Waals surface area (Å²) in [6.45, 7) is 3.15. The van der Waals surface area contributed by atoms with E-state index >= 15 is 0 Å². The van der Waals surface area contributed by atoms with E-state index in [9.17, 15) is 18.4 Å². The molecule has 2 bridgehead atoms. The van der Waals surface area contributed by atoms with Crippen molar-refractivity contribution in [3.63, 3.8) is 0 Å². The number of carbonyl (C=O) groups excluding carboxylic acids is 2. The Morgan fingerprint density at radius 3 is 2.47 bits per heavy atom. The molecule has 2 saturated carbocycles. The third-order valence-corrected chi connectivity index (χ3v) is 7.16. The molecule has 1 heterocycles. The zero-order valence-electron chi connectivity index (χ0n) is 17.5. The number of nitrogens with zero attached hydrogens (tertiary/aromatic N) is 2. The van der Waals surface area contributed by atoms with Crippen LogP contribution in [0.15, 0.2) is 29.4 Å². The molecule has 1 atom stereocenters. The first-order valence-corrected chi connectivity index (χ1v) is 10.4. The highest BCUT2D eigenvalue weighted by Crippen LogP contribution is 2.63. The van der Waals surface area contributed by atoms with Gasteiger partial charge in [-0.25, -0.2) is 8.78 Å². The van der Waals surface area contributed by atoms with Crippen LogP contribution >= 0.6 is 0 Å². The normalized spacial score (nSPS) is 30.6. The van der Waals surface area contributed by atoms with E-state index in [1.54, 1.807) is 38.3 Å². The fraction of sp³-hybridized carbons (Fsp3) is 0.591. The minimum atomic E-state index is -2.73. The summed E-state index contributed by atoms with van der Waals surface area (Å²) in [6, 6.07) is 6.82. The SMILES string of the molecule is CCC(F)(F)C12CCC(NC(=O)C3C(=O)N(c4ccc(OC)cc4)N=C3C)(CC1)C2. The maximum Gasteiger partial charge on any atom is 0.265 e. The highest BCUT2D eigenvalue weighted by molar-refractivity contribution is 6.26. The Labute approximate surface area is 174 Å². The van der Waals surface area contributed by atoms with Crippen LogP contribution in [0, 0.1) is 11.3 Å². The number of anilines is 1. The Hall–Kier alpha value is -2.51. The van der Waals surface area contributed by atoms with Crippen molar-refractivity contribution in [2.45, 2.75) is 63.8 Å². The largest absolute Gasteiger partial charge is 0.497 e. The summed E-state index contributed by atoms with van der Waals surface area (Å²) in [6.07, 6.45) is 1.92. The molecule has 2 amide bonds. The molecule has 1 unspecified atom stereocenters. The van der Waals surface area contributed by atoms with Crippen LogP contribution in [0.1, 0.15) is 52.4 Å². The second kappa shape index (κ2) is 7.03. The van der Waals surface area contributed by atoms with Gasteiger partial charge in [-0.2, -0.15) is 10.1 Å². The van der Waals surface area contributed by atoms with E-state index in [0.29, 0.717) is 42.8 Å². The first-order chi connectivity index (χ1) is 14.2. The van der Waals surface area contributed by atoms with Crippen LogP contribution in [0.4, 0.5) is 14.5 Å². The molecule has 4 rings (SSSR count). The number of alkyl halides is 2. The van der Waals surface area contributed by atoms with Crippen molar-refractivity contribution in [3.8, 4) is 5.75 Å². The molecule has 2 aliphatic carbocycles. The van der Waals surface area contributed by atoms with E-state index < -0.39 is 34.6 Å². The van der Waals surface area contributed by atoms with E-state index in [2.05, 4.69) is 10.4 Å². The Morgan fingerprint density at radius 2 is 1.90 bits per heavy atom. The molecule has 8 heteroatoms. The molecule has 1 aromatic carbocycles. The number of hydrogen-bond donors (Lipinski definition) is 1. The molecular formula is C22H27F2N3O3. The Bertz CT molecular complexity index is 889. The molecule has 3 aliphatic rings. The molecule has 30 heavy (non-hydrogen) atoms. The summed E-state index contributed by atoms with van der Waals surface area (Å²) in [4.78, 5) is 26.0. The van der Waals surface area contributed by atoms with Gasteiger partial charge in [-0.3, -0.25) is 9.59 Å². The predicted octanol–water partition coefficient (Wildman–Crippen LogP) is 3.90. The lowest BCUT2D eigenvalue weighted by atomic mass is 9.77. The molecule has 1 N–H and O–H groups in total. The summed E-state index contributed by atoms with van der Waals surface area (Å²) in [5, 5.41) is 8.47. The lowest BCUT2D eigenvalue weighted by Gasteiger charge is -2.34. The fourth-order valence-electron chi connectivity index (χ4n) is 5.36. The second-order valence-corrected chi connectivity index (χ2v) is 8.81. The number of ether oxygens (including phenoxy) is 1. The number of hydrazone groups is 1. The van der Waals surface area contributed by atoms with Crippen LogP contribution in [0.5, 0.6) is 5.75 Å². The zero-order valence-corrected chi connectivity index (χ0v) is 17.5. The number of rotatable bonds is 6. The smallest absolute Gasteiger partial charge is 0.265 e. The van der Waals surface area contributed by atoms with Gasteiger partial charge in [0.1, 0.15) is 5.75 Å². The van der Waals surface area contributed by atoms with Crippen LogP contribution in [-0.4, -0.2) is 36.1 Å². The van der Waals surface area contributed by atoms with Gasteiger partial charge >= 0.3 is 0 Å². The van der Waals surface area contributed by atoms with Crippen molar-refractivity contribution in [1.29, 1.82) is 0 Å². The van der Waals surface area contributed by atoms with Gasteiger partial charge in [0.15, 0.2) is 5.92 Å². The summed E-state index contributed by atoms with van der Waals surface area (Å²) in [5.41, 5.74) is -0.751. The number of fused-ring (bicyclic) bond motifs is 2. The van der Waals surface area contributed by atoms with Crippen LogP contribution in [-0.2, 0) is 9.59 Å². The van der Waals surface area contributed by atoms with Crippen molar-refractivity contribution in [3.05, 3.63) is 24.3 Å². The third kappa shape index (κ3) is 3.08. The number of methoxy groups -OCH3 is 1. The van der Waals surface area contributed by atoms with Gasteiger partial charge in [0.05, 0.1) is 18.5 Å². The van der Waals surface area contributed by atoms with Gasteiger partial charge < -0.3 is 10.1 Å². The molecule has 0 radical (unpaired) electrons. The van der Waals surface area contributed by atoms with Crippen LogP contribution in [0.3, 0.4) is 0 Å². The first-order valence-electron chi connectivity index (χ1n) is 10.4. The average molecular weight is 419 g/mol. The molecule has 0 aromatic heterocycles. The van der Waals surface area contributed by atoms with Crippen molar-refractivity contribution >= 4 is 23.2 Å². The molecule has 6 nitrogen and oxygen atoms in total. The number of hydrogen-bond acceptors (Lipinski definition) is 4. The molecular weight excluding hydrogens is 392 g/mol. The number of nitrogens with one attached hydrogen (secondary N) is 1. The van der Waals surface area contributed by atoms with Gasteiger partial charge in [0.2, 0.25) is 5.91 Å². The van der Waals surface area contributed by atoms with E-state index in [-0.39, 0.29) is 12.8 Å². The first kappa shape index (κ1) is 20.8. The highest BCUT2D eigenvalue weighted by Gasteiger charge is 2.65. The maximum absolute atomic E-state index is 14.6. The zero-order chi connectivity index (χ0) is 21.7. The van der Waals surface area contributed by atoms with Gasteiger partial charge in [-0.15, -0.1) is 0 Å². The predicted molar refractivity (Wildman–Crippen MR) is 109 cm³/mol. The highest BCUT2D eigenvalue weighted by atomic mass is 19.3. The molecule has 1 aliphatic heterocycles. The van der Waals surface area contributed by atoms with Crippen LogP contribution in [0.25, 0.3) is 0 Å². The quantitative estimate of drug-likeness (QED) is 0.711. The van der Waals surface area contributed by atoms with Crippen molar-refractivity contribution in [2.75, 3.05) is 12.1 Å². The van der Waals surface area contributed by atoms with Crippen LogP contribution in [0.2, 0.25) is 0 Å². The second-order valence-electron chi connectivity index (χ2n) is 8.81. The van der Waals surface area contributed by atoms with E-state index in [1.807, 2.05) is 0 Å². The Morgan fingerprint density at radius 1 is 1.27 bits per heavy atom. The minimum absolute atomic E-state index is 0.194. The Kier molecular flexibility index (Phi) is 4.86. The van der Waals surface area contributed by atoms with E-state index in [4.69, 9.17) is 4.74 Å². The summed E-state index contributed by atoms with van der Waals surface area (Å²) in [5.74, 6) is -4.01. The van der Waals surface area contributed by atoms with Gasteiger partial charge in [0, 0.05) is 17.4 Å². The standard InChI is InChI=1S/C22H27F2N3O3/c1-4-22(23,24)20-9-11-21(13-20,12-10-20)25-18(28)17-14(2)26-27(19(17)29)15-5-7-16(30-3)8-6-15/h5-8,17H,4,9-13H2,1-3H3,(H,25,28). The lowest BCUT2D eigenvalue weighted by molar-refractivity contribution is -0.131. The molecule has 1 aromatic rings. The average Bonchev–Trinajstić information content (AvgIpc) is 3.38. The number of carbonyl (C=O) groups is 2. The summed E-state index contributed by atoms with van der Waals surface area (Å²) < 4.78 is 34.3. The number of benzene rings is 1. The lowest BCUT2D eigenvalue weighted by Crippen LogP contribution is -2.50. The van der Waals surface area contributed by atoms with Gasteiger partial charge in [-0.05, 0) is 63.3 Å². The number of amides is 2. The maximum atomic E-state index is 14.6. The molecule has 0 spiro atoms. The van der Waals surface area contributed by atoms with E-state index in [0.717, 1.165) is 0 Å². The van der Waals surface area contributed by atoms with Gasteiger partial charge in [-0.1, -0.05) is 6.92 Å². The monoisotopic (exact) mass is 419 g/mol. The third-order valence-electron chi connectivity index (χ3n) is 7.16. The molecule has 162 valence electrons. The van der Waals surface area contributed by atoms with Crippen molar-refractivity contribution < 1.29 is 23.1 Å². The summed E-state index contributed by atoms with van der Waals surface area (Å²) >= 11 is 0. The fourth-order valence-corrected chi connectivity index (χ4v) is 5.36. The topological polar surface area (TPSA) is 71.0 Å². The summed E-state index contributed by atoms with van der Waals surface area (Å²) in [7, 11) is 1.55. The van der Waals surface area contributed by atoms with Crippen molar-refractivity contribution in [1.82, 2.24) is 5.32 Å². The molecule has 0 saturated heterocycles. The van der Waals surface area contributed by atoms with Crippen molar-refractivity contribution in [2.24, 2.45) is 16.4 Å². The van der Waals surface area contributed by atoms with Gasteiger partial charge in [0.25, 0.3) is 11.8 Å². The van der Waals surface area contributed by atoms with Crippen LogP contribution < -0.4 is 15.1 Å². The Balaban J connectivity index is 1.48. The van der Waals surface area contributed by atoms with E-state index in [1.165, 1.54) is 11.9 Å². The minimum Gasteiger partial charge on any atom is -0.497 e. The molecule has 2 fully saturated rings.